The van der Waals surface area contributed by atoms with Gasteiger partial charge in [0, 0.05) is 12.4 Å². The Labute approximate surface area is 99.5 Å². The van der Waals surface area contributed by atoms with Crippen molar-refractivity contribution in [3.8, 4) is 0 Å². The summed E-state index contributed by atoms with van der Waals surface area (Å²) in [5, 5.41) is 4.38. The van der Waals surface area contributed by atoms with Gasteiger partial charge < -0.3 is 5.73 Å². The highest BCUT2D eigenvalue weighted by molar-refractivity contribution is 7.80. The van der Waals surface area contributed by atoms with Gasteiger partial charge in [-0.05, 0) is 18.3 Å². The molecule has 0 aliphatic rings. The molecule has 0 unspecified atom stereocenters. The highest BCUT2D eigenvalue weighted by Crippen LogP contribution is 2.08. The van der Waals surface area contributed by atoms with Crippen LogP contribution in [0, 0.1) is 0 Å². The maximum Gasteiger partial charge on any atom is 0.267 e. The van der Waals surface area contributed by atoms with Crippen LogP contribution in [-0.4, -0.2) is 29.3 Å². The number of rotatable bonds is 0. The molecule has 0 spiro atoms. The summed E-state index contributed by atoms with van der Waals surface area (Å²) < 4.78 is 2.67. The van der Waals surface area contributed by atoms with Crippen LogP contribution in [0.15, 0.2) is 29.6 Å². The van der Waals surface area contributed by atoms with Crippen molar-refractivity contribution >= 4 is 34.0 Å². The largest absolute Gasteiger partial charge is 0.376 e. The number of aromatic nitrogens is 5. The third-order valence-corrected chi connectivity index (χ3v) is 2.61. The lowest BCUT2D eigenvalue weighted by atomic mass is 10.3. The summed E-state index contributed by atoms with van der Waals surface area (Å²) in [6, 6.07) is 1.69. The van der Waals surface area contributed by atoms with Gasteiger partial charge in [0.25, 0.3) is 11.3 Å². The number of pyridine rings is 1. The molecule has 7 nitrogen and oxygen atoms in total. The van der Waals surface area contributed by atoms with Gasteiger partial charge in [-0.3, -0.25) is 9.36 Å². The minimum atomic E-state index is -0.320. The van der Waals surface area contributed by atoms with Gasteiger partial charge >= 0.3 is 0 Å². The van der Waals surface area contributed by atoms with E-state index in [-0.39, 0.29) is 10.7 Å². The van der Waals surface area contributed by atoms with Crippen molar-refractivity contribution in [3.05, 3.63) is 35.1 Å². The lowest BCUT2D eigenvalue weighted by molar-refractivity contribution is 0.971. The van der Waals surface area contributed by atoms with Crippen LogP contribution in [0.3, 0.4) is 0 Å². The summed E-state index contributed by atoms with van der Waals surface area (Å²) >= 11 is 4.78. The van der Waals surface area contributed by atoms with Crippen molar-refractivity contribution in [2.24, 2.45) is 5.73 Å². The molecule has 3 aromatic rings. The number of nitrogens with two attached hydrogens (primary N) is 1. The highest BCUT2D eigenvalue weighted by Gasteiger charge is 2.08. The van der Waals surface area contributed by atoms with Gasteiger partial charge in [0.15, 0.2) is 5.11 Å². The Morgan fingerprint density at radius 3 is 3.00 bits per heavy atom. The van der Waals surface area contributed by atoms with Crippen molar-refractivity contribution in [1.29, 1.82) is 0 Å². The first-order chi connectivity index (χ1) is 8.18. The van der Waals surface area contributed by atoms with Crippen molar-refractivity contribution in [1.82, 2.24) is 24.1 Å². The normalized spacial score (nSPS) is 11.1. The second-order valence-corrected chi connectivity index (χ2v) is 3.78. The molecule has 0 atom stereocenters. The fraction of sp³-hybridized carbons (Fsp3) is 0. The van der Waals surface area contributed by atoms with Crippen LogP contribution in [-0.2, 0) is 0 Å². The predicted molar refractivity (Wildman–Crippen MR) is 64.7 cm³/mol. The standard InChI is InChI=1S/C9H6N6OS/c10-8(17)14-2-1-6-5(7(14)16)3-11-9-12-4-13-15(6)9/h1-4H,(H2,10,17). The Morgan fingerprint density at radius 2 is 2.24 bits per heavy atom. The van der Waals surface area contributed by atoms with Crippen LogP contribution in [0.25, 0.3) is 16.7 Å². The second-order valence-electron chi connectivity index (χ2n) is 3.36. The lowest BCUT2D eigenvalue weighted by Gasteiger charge is -2.04. The molecular weight excluding hydrogens is 240 g/mol. The van der Waals surface area contributed by atoms with E-state index < -0.39 is 0 Å². The van der Waals surface area contributed by atoms with E-state index >= 15 is 0 Å². The summed E-state index contributed by atoms with van der Waals surface area (Å²) in [6.45, 7) is 0. The molecule has 0 aliphatic carbocycles. The number of fused-ring (bicyclic) bond motifs is 3. The Kier molecular flexibility index (Phi) is 1.92. The molecule has 8 heteroatoms. The van der Waals surface area contributed by atoms with E-state index in [1.54, 1.807) is 6.07 Å². The van der Waals surface area contributed by atoms with E-state index in [9.17, 15) is 4.79 Å². The Hall–Kier alpha value is -2.35. The fourth-order valence-electron chi connectivity index (χ4n) is 1.64. The van der Waals surface area contributed by atoms with Gasteiger partial charge in [0.2, 0.25) is 0 Å². The first kappa shape index (κ1) is 9.85. The lowest BCUT2D eigenvalue weighted by Crippen LogP contribution is -2.31. The number of hydrogen-bond donors (Lipinski definition) is 1. The molecule has 0 saturated heterocycles. The molecule has 84 valence electrons. The monoisotopic (exact) mass is 246 g/mol. The Bertz CT molecular complexity index is 804. The molecule has 0 fully saturated rings. The average Bonchev–Trinajstić information content (AvgIpc) is 2.77. The van der Waals surface area contributed by atoms with Crippen molar-refractivity contribution < 1.29 is 0 Å². The van der Waals surface area contributed by atoms with Crippen molar-refractivity contribution in [3.63, 3.8) is 0 Å². The van der Waals surface area contributed by atoms with Gasteiger partial charge in [-0.15, -0.1) is 0 Å². The number of thiocarbonyl (C=S) groups is 1. The quantitative estimate of drug-likeness (QED) is 0.539. The summed E-state index contributed by atoms with van der Waals surface area (Å²) in [4.78, 5) is 20.0. The molecule has 0 aromatic carbocycles. The molecule has 2 N–H and O–H groups in total. The molecular formula is C9H6N6OS. The summed E-state index contributed by atoms with van der Waals surface area (Å²) in [5.41, 5.74) is 5.73. The summed E-state index contributed by atoms with van der Waals surface area (Å²) in [6.07, 6.45) is 4.32. The summed E-state index contributed by atoms with van der Waals surface area (Å²) in [7, 11) is 0. The fourth-order valence-corrected chi connectivity index (χ4v) is 1.78. The molecule has 3 heterocycles. The minimum absolute atomic E-state index is 0.00409. The van der Waals surface area contributed by atoms with Crippen molar-refractivity contribution in [2.75, 3.05) is 0 Å². The highest BCUT2D eigenvalue weighted by atomic mass is 32.1. The SMILES string of the molecule is NC(=S)n1ccc2c(cnc3ncnn32)c1=O. The van der Waals surface area contributed by atoms with Crippen LogP contribution >= 0.6 is 12.2 Å². The zero-order chi connectivity index (χ0) is 12.0. The average molecular weight is 246 g/mol. The zero-order valence-electron chi connectivity index (χ0n) is 8.44. The van der Waals surface area contributed by atoms with E-state index in [0.29, 0.717) is 16.7 Å². The van der Waals surface area contributed by atoms with Gasteiger partial charge in [0.05, 0.1) is 10.9 Å². The summed E-state index contributed by atoms with van der Waals surface area (Å²) in [5.74, 6) is 0.435. The molecule has 0 aliphatic heterocycles. The third kappa shape index (κ3) is 1.31. The van der Waals surface area contributed by atoms with Crippen molar-refractivity contribution in [2.45, 2.75) is 0 Å². The second kappa shape index (κ2) is 3.32. The molecule has 3 aromatic heterocycles. The van der Waals surface area contributed by atoms with Gasteiger partial charge in [0.1, 0.15) is 6.33 Å². The van der Waals surface area contributed by atoms with Gasteiger partial charge in [-0.25, -0.2) is 4.98 Å². The van der Waals surface area contributed by atoms with E-state index in [1.807, 2.05) is 0 Å². The maximum absolute atomic E-state index is 12.0. The van der Waals surface area contributed by atoms with Crippen LogP contribution in [0.2, 0.25) is 0 Å². The molecule has 0 amide bonds. The number of nitrogens with zero attached hydrogens (tertiary/aromatic N) is 5. The molecule has 3 rings (SSSR count). The third-order valence-electron chi connectivity index (χ3n) is 2.41. The molecule has 0 saturated carbocycles. The Balaban J connectivity index is 2.53. The van der Waals surface area contributed by atoms with Gasteiger partial charge in [-0.2, -0.15) is 14.6 Å². The minimum Gasteiger partial charge on any atom is -0.376 e. The number of hydrogen-bond acceptors (Lipinski definition) is 5. The van der Waals surface area contributed by atoms with E-state index in [0.717, 1.165) is 0 Å². The molecule has 17 heavy (non-hydrogen) atoms. The van der Waals surface area contributed by atoms with E-state index in [4.69, 9.17) is 18.0 Å². The molecule has 0 bridgehead atoms. The first-order valence-electron chi connectivity index (χ1n) is 4.68. The van der Waals surface area contributed by atoms with Crippen LogP contribution in [0.5, 0.6) is 0 Å². The topological polar surface area (TPSA) is 91.1 Å². The van der Waals surface area contributed by atoms with Crippen LogP contribution in [0.1, 0.15) is 0 Å². The predicted octanol–water partition coefficient (Wildman–Crippen LogP) is -0.469. The van der Waals surface area contributed by atoms with Crippen LogP contribution < -0.4 is 11.3 Å². The van der Waals surface area contributed by atoms with E-state index in [1.165, 1.54) is 27.8 Å². The Morgan fingerprint density at radius 1 is 1.41 bits per heavy atom. The van der Waals surface area contributed by atoms with Gasteiger partial charge in [-0.1, -0.05) is 0 Å². The maximum atomic E-state index is 12.0. The smallest absolute Gasteiger partial charge is 0.267 e. The zero-order valence-corrected chi connectivity index (χ0v) is 9.26. The van der Waals surface area contributed by atoms with E-state index in [2.05, 4.69) is 15.1 Å². The molecule has 0 radical (unpaired) electrons. The first-order valence-corrected chi connectivity index (χ1v) is 5.09. The van der Waals surface area contributed by atoms with Crippen LogP contribution in [0.4, 0.5) is 0 Å².